The van der Waals surface area contributed by atoms with Crippen LogP contribution in [-0.4, -0.2) is 11.1 Å². The van der Waals surface area contributed by atoms with Crippen LogP contribution in [0.1, 0.15) is 10.4 Å². The van der Waals surface area contributed by atoms with Gasteiger partial charge in [-0.3, -0.25) is 4.89 Å². The molecule has 1 N–H and O–H groups in total. The van der Waals surface area contributed by atoms with Gasteiger partial charge in [-0.1, -0.05) is 30.3 Å². The molecule has 86 valence electrons. The van der Waals surface area contributed by atoms with Gasteiger partial charge in [-0.05, 0) is 24.3 Å². The average molecular weight is 230 g/mol. The number of para-hydroxylation sites is 2. The molecule has 0 unspecified atom stereocenters. The molecule has 0 aromatic heterocycles. The van der Waals surface area contributed by atoms with Crippen molar-refractivity contribution >= 4 is 5.97 Å². The van der Waals surface area contributed by atoms with Crippen LogP contribution in [-0.2, 0) is 4.89 Å². The van der Waals surface area contributed by atoms with Crippen LogP contribution in [0.3, 0.4) is 0 Å². The number of aromatic hydroxyl groups is 1. The predicted octanol–water partition coefficient (Wildman–Crippen LogP) is 2.54. The maximum absolute atomic E-state index is 11.5. The van der Waals surface area contributed by atoms with Crippen molar-refractivity contribution in [3.63, 3.8) is 0 Å². The fourth-order valence-corrected chi connectivity index (χ4v) is 1.23. The minimum atomic E-state index is -0.617. The Hall–Kier alpha value is -2.49. The van der Waals surface area contributed by atoms with Crippen molar-refractivity contribution in [2.24, 2.45) is 0 Å². The molecule has 4 heteroatoms. The Bertz CT molecular complexity index is 508. The molecule has 0 saturated heterocycles. The summed E-state index contributed by atoms with van der Waals surface area (Å²) in [6.07, 6.45) is 0. The lowest BCUT2D eigenvalue weighted by molar-refractivity contribution is -0.150. The molecule has 0 saturated carbocycles. The van der Waals surface area contributed by atoms with Crippen molar-refractivity contribution in [3.05, 3.63) is 60.2 Å². The molecular weight excluding hydrogens is 220 g/mol. The first-order chi connectivity index (χ1) is 8.27. The number of phenols is 1. The van der Waals surface area contributed by atoms with E-state index in [0.717, 1.165) is 0 Å². The number of carbonyl (C=O) groups excluding carboxylic acids is 1. The highest BCUT2D eigenvalue weighted by Crippen LogP contribution is 2.24. The molecule has 0 radical (unpaired) electrons. The van der Waals surface area contributed by atoms with E-state index >= 15 is 0 Å². The third kappa shape index (κ3) is 2.75. The Labute approximate surface area is 98.0 Å². The number of benzene rings is 2. The van der Waals surface area contributed by atoms with Crippen LogP contribution < -0.4 is 4.89 Å². The maximum Gasteiger partial charge on any atom is 0.386 e. The minimum Gasteiger partial charge on any atom is -0.504 e. The molecule has 2 aromatic rings. The summed E-state index contributed by atoms with van der Waals surface area (Å²) in [4.78, 5) is 20.8. The van der Waals surface area contributed by atoms with Crippen molar-refractivity contribution in [1.82, 2.24) is 0 Å². The summed E-state index contributed by atoms with van der Waals surface area (Å²) in [6.45, 7) is 0. The quantitative estimate of drug-likeness (QED) is 0.650. The second-order valence-corrected chi connectivity index (χ2v) is 3.29. The zero-order valence-corrected chi connectivity index (χ0v) is 8.87. The molecule has 0 amide bonds. The molecule has 0 bridgehead atoms. The van der Waals surface area contributed by atoms with Gasteiger partial charge in [-0.15, -0.1) is 0 Å². The third-order valence-electron chi connectivity index (χ3n) is 2.08. The molecule has 2 aromatic carbocycles. The van der Waals surface area contributed by atoms with E-state index in [0.29, 0.717) is 5.56 Å². The van der Waals surface area contributed by atoms with E-state index in [1.807, 2.05) is 0 Å². The van der Waals surface area contributed by atoms with Crippen LogP contribution >= 0.6 is 0 Å². The molecule has 17 heavy (non-hydrogen) atoms. The lowest BCUT2D eigenvalue weighted by Gasteiger charge is -2.05. The molecule has 0 spiro atoms. The average Bonchev–Trinajstić information content (AvgIpc) is 2.38. The van der Waals surface area contributed by atoms with E-state index in [4.69, 9.17) is 4.89 Å². The predicted molar refractivity (Wildman–Crippen MR) is 60.6 cm³/mol. The third-order valence-corrected chi connectivity index (χ3v) is 2.08. The highest BCUT2D eigenvalue weighted by molar-refractivity contribution is 5.88. The monoisotopic (exact) mass is 230 g/mol. The molecule has 4 nitrogen and oxygen atoms in total. The number of carbonyl (C=O) groups is 1. The van der Waals surface area contributed by atoms with Gasteiger partial charge >= 0.3 is 5.97 Å². The summed E-state index contributed by atoms with van der Waals surface area (Å²) in [5.41, 5.74) is 0.378. The topological polar surface area (TPSA) is 55.8 Å². The van der Waals surface area contributed by atoms with Gasteiger partial charge in [0.1, 0.15) is 0 Å². The Morgan fingerprint density at radius 3 is 2.29 bits per heavy atom. The first-order valence-corrected chi connectivity index (χ1v) is 4.99. The van der Waals surface area contributed by atoms with Crippen molar-refractivity contribution in [1.29, 1.82) is 0 Å². The van der Waals surface area contributed by atoms with Gasteiger partial charge in [0.25, 0.3) is 0 Å². The van der Waals surface area contributed by atoms with Crippen LogP contribution in [0.4, 0.5) is 0 Å². The lowest BCUT2D eigenvalue weighted by Crippen LogP contribution is -2.08. The zero-order chi connectivity index (χ0) is 12.1. The number of hydrogen-bond acceptors (Lipinski definition) is 4. The van der Waals surface area contributed by atoms with Gasteiger partial charge in [0.15, 0.2) is 5.75 Å². The fourth-order valence-electron chi connectivity index (χ4n) is 1.23. The van der Waals surface area contributed by atoms with Crippen LogP contribution in [0.5, 0.6) is 11.5 Å². The lowest BCUT2D eigenvalue weighted by atomic mass is 10.2. The SMILES string of the molecule is O=C(OOc1ccccc1O)c1ccccc1. The highest BCUT2D eigenvalue weighted by Gasteiger charge is 2.09. The van der Waals surface area contributed by atoms with Gasteiger partial charge < -0.3 is 5.11 Å². The second kappa shape index (κ2) is 5.03. The molecule has 2 rings (SSSR count). The first kappa shape index (κ1) is 11.0. The van der Waals surface area contributed by atoms with Crippen LogP contribution in [0, 0.1) is 0 Å². The van der Waals surface area contributed by atoms with E-state index in [1.54, 1.807) is 42.5 Å². The Morgan fingerprint density at radius 2 is 1.59 bits per heavy atom. The molecule has 0 atom stereocenters. The Kier molecular flexibility index (Phi) is 3.25. The van der Waals surface area contributed by atoms with E-state index in [9.17, 15) is 9.90 Å². The highest BCUT2D eigenvalue weighted by atomic mass is 17.2. The summed E-state index contributed by atoms with van der Waals surface area (Å²) in [5.74, 6) is -0.612. The summed E-state index contributed by atoms with van der Waals surface area (Å²) in [7, 11) is 0. The van der Waals surface area contributed by atoms with Gasteiger partial charge in [-0.25, -0.2) is 9.68 Å². The normalized spacial score (nSPS) is 9.65. The first-order valence-electron chi connectivity index (χ1n) is 4.99. The van der Waals surface area contributed by atoms with Crippen LogP contribution in [0.15, 0.2) is 54.6 Å². The van der Waals surface area contributed by atoms with Crippen molar-refractivity contribution in [2.75, 3.05) is 0 Å². The van der Waals surface area contributed by atoms with Crippen LogP contribution in [0.25, 0.3) is 0 Å². The minimum absolute atomic E-state index is 0.0895. The van der Waals surface area contributed by atoms with Crippen molar-refractivity contribution < 1.29 is 19.7 Å². The second-order valence-electron chi connectivity index (χ2n) is 3.29. The smallest absolute Gasteiger partial charge is 0.386 e. The largest absolute Gasteiger partial charge is 0.504 e. The number of rotatable bonds is 3. The standard InChI is InChI=1S/C13H10O4/c14-11-8-4-5-9-12(11)16-17-13(15)10-6-2-1-3-7-10/h1-9,14H. The van der Waals surface area contributed by atoms with Gasteiger partial charge in [0.2, 0.25) is 5.75 Å². The summed E-state index contributed by atoms with van der Waals surface area (Å²) >= 11 is 0. The van der Waals surface area contributed by atoms with E-state index in [2.05, 4.69) is 4.89 Å². The van der Waals surface area contributed by atoms with E-state index in [-0.39, 0.29) is 11.5 Å². The van der Waals surface area contributed by atoms with Gasteiger partial charge in [0.05, 0.1) is 5.56 Å². The molecule has 0 heterocycles. The van der Waals surface area contributed by atoms with Gasteiger partial charge in [0, 0.05) is 0 Å². The zero-order valence-electron chi connectivity index (χ0n) is 8.87. The molecule has 0 aliphatic heterocycles. The molecular formula is C13H10O4. The fraction of sp³-hybridized carbons (Fsp3) is 0. The Balaban J connectivity index is 2.00. The number of hydrogen-bond donors (Lipinski definition) is 1. The van der Waals surface area contributed by atoms with Gasteiger partial charge in [-0.2, -0.15) is 0 Å². The summed E-state index contributed by atoms with van der Waals surface area (Å²) in [6, 6.07) is 14.7. The van der Waals surface area contributed by atoms with Crippen LogP contribution in [0.2, 0.25) is 0 Å². The summed E-state index contributed by atoms with van der Waals surface area (Å²) < 4.78 is 0. The summed E-state index contributed by atoms with van der Waals surface area (Å²) in [5, 5.41) is 9.38. The van der Waals surface area contributed by atoms with Crippen molar-refractivity contribution in [3.8, 4) is 11.5 Å². The Morgan fingerprint density at radius 1 is 0.941 bits per heavy atom. The van der Waals surface area contributed by atoms with E-state index < -0.39 is 5.97 Å². The maximum atomic E-state index is 11.5. The molecule has 0 aliphatic carbocycles. The van der Waals surface area contributed by atoms with Crippen molar-refractivity contribution in [2.45, 2.75) is 0 Å². The molecule has 0 fully saturated rings. The number of phenolic OH excluding ortho intramolecular Hbond substituents is 1. The molecule has 0 aliphatic rings. The van der Waals surface area contributed by atoms with E-state index in [1.165, 1.54) is 12.1 Å².